The van der Waals surface area contributed by atoms with Crippen molar-refractivity contribution in [2.75, 3.05) is 20.1 Å². The van der Waals surface area contributed by atoms with Crippen LogP contribution in [0.1, 0.15) is 58.1 Å². The number of aromatic nitrogens is 3. The minimum absolute atomic E-state index is 0.0535. The molecule has 1 aromatic rings. The average molecular weight is 392 g/mol. The van der Waals surface area contributed by atoms with Gasteiger partial charge in [0.15, 0.2) is 11.8 Å². The van der Waals surface area contributed by atoms with Gasteiger partial charge in [-0.3, -0.25) is 4.99 Å². The molecule has 0 spiro atoms. The first-order valence-corrected chi connectivity index (χ1v) is 10.2. The number of hydrogen-bond acceptors (Lipinski definition) is 5. The number of fused-ring (bicyclic) bond motifs is 1. The maximum atomic E-state index is 12.0. The number of amides is 1. The highest BCUT2D eigenvalue weighted by atomic mass is 16.6. The predicted octanol–water partition coefficient (Wildman–Crippen LogP) is 1.68. The van der Waals surface area contributed by atoms with Crippen molar-refractivity contribution < 1.29 is 9.53 Å². The Morgan fingerprint density at radius 1 is 1.25 bits per heavy atom. The van der Waals surface area contributed by atoms with Crippen molar-refractivity contribution in [1.29, 1.82) is 0 Å². The minimum Gasteiger partial charge on any atom is -0.444 e. The molecule has 1 fully saturated rings. The fourth-order valence-corrected chi connectivity index (χ4v) is 3.71. The standard InChI is InChI=1S/C19H33N7O2/c1-19(2,3)28-18(27)22-14-9-11-25(13-14)17(20-4)21-12-16-24-23-15-8-6-5-7-10-26(15)16/h14H,5-13H2,1-4H3,(H,20,21)(H,22,27). The van der Waals surface area contributed by atoms with E-state index >= 15 is 0 Å². The summed E-state index contributed by atoms with van der Waals surface area (Å²) in [5, 5.41) is 15.1. The summed E-state index contributed by atoms with van der Waals surface area (Å²) in [5.41, 5.74) is -0.490. The molecule has 1 aromatic heterocycles. The zero-order chi connectivity index (χ0) is 20.1. The first kappa shape index (κ1) is 20.4. The highest BCUT2D eigenvalue weighted by molar-refractivity contribution is 5.80. The van der Waals surface area contributed by atoms with Crippen LogP contribution in [0.3, 0.4) is 0 Å². The molecule has 1 amide bonds. The lowest BCUT2D eigenvalue weighted by Gasteiger charge is -2.23. The summed E-state index contributed by atoms with van der Waals surface area (Å²) < 4.78 is 7.59. The largest absolute Gasteiger partial charge is 0.444 e. The summed E-state index contributed by atoms with van der Waals surface area (Å²) in [4.78, 5) is 18.5. The van der Waals surface area contributed by atoms with E-state index in [9.17, 15) is 4.79 Å². The topological polar surface area (TPSA) is 96.7 Å². The lowest BCUT2D eigenvalue weighted by molar-refractivity contribution is 0.0507. The van der Waals surface area contributed by atoms with Gasteiger partial charge in [0.1, 0.15) is 11.4 Å². The second-order valence-electron chi connectivity index (χ2n) is 8.47. The number of carbonyl (C=O) groups is 1. The number of carbonyl (C=O) groups excluding carboxylic acids is 1. The van der Waals surface area contributed by atoms with E-state index in [1.807, 2.05) is 20.8 Å². The van der Waals surface area contributed by atoms with Gasteiger partial charge < -0.3 is 24.8 Å². The molecule has 1 atom stereocenters. The Labute approximate surface area is 166 Å². The maximum absolute atomic E-state index is 12.0. The molecule has 1 unspecified atom stereocenters. The summed E-state index contributed by atoms with van der Waals surface area (Å²) in [7, 11) is 1.78. The highest BCUT2D eigenvalue weighted by Crippen LogP contribution is 2.15. The quantitative estimate of drug-likeness (QED) is 0.601. The molecule has 0 saturated carbocycles. The zero-order valence-electron chi connectivity index (χ0n) is 17.5. The number of nitrogens with zero attached hydrogens (tertiary/aromatic N) is 5. The fourth-order valence-electron chi connectivity index (χ4n) is 3.71. The third-order valence-electron chi connectivity index (χ3n) is 5.01. The second-order valence-corrected chi connectivity index (χ2v) is 8.47. The van der Waals surface area contributed by atoms with Crippen LogP contribution in [0.25, 0.3) is 0 Å². The molecule has 0 bridgehead atoms. The van der Waals surface area contributed by atoms with Crippen molar-refractivity contribution in [2.45, 2.75) is 77.6 Å². The molecule has 9 nitrogen and oxygen atoms in total. The first-order valence-electron chi connectivity index (χ1n) is 10.2. The van der Waals surface area contributed by atoms with Crippen LogP contribution in [-0.4, -0.2) is 63.5 Å². The van der Waals surface area contributed by atoms with Crippen LogP contribution in [0.2, 0.25) is 0 Å². The Morgan fingerprint density at radius 2 is 2.07 bits per heavy atom. The minimum atomic E-state index is -0.490. The van der Waals surface area contributed by atoms with Gasteiger partial charge in [0.05, 0.1) is 12.6 Å². The molecule has 9 heteroatoms. The summed E-state index contributed by atoms with van der Waals surface area (Å²) in [6.45, 7) is 8.72. The number of rotatable bonds is 3. The van der Waals surface area contributed by atoms with Crippen molar-refractivity contribution in [3.8, 4) is 0 Å². The summed E-state index contributed by atoms with van der Waals surface area (Å²) in [6.07, 6.45) is 5.11. The normalized spacial score (nSPS) is 20.5. The van der Waals surface area contributed by atoms with E-state index in [1.165, 1.54) is 19.3 Å². The summed E-state index contributed by atoms with van der Waals surface area (Å²) >= 11 is 0. The van der Waals surface area contributed by atoms with E-state index in [0.29, 0.717) is 13.1 Å². The first-order chi connectivity index (χ1) is 13.4. The van der Waals surface area contributed by atoms with Gasteiger partial charge in [0.25, 0.3) is 0 Å². The van der Waals surface area contributed by atoms with E-state index in [0.717, 1.165) is 43.5 Å². The average Bonchev–Trinajstić information content (AvgIpc) is 3.14. The molecule has 2 N–H and O–H groups in total. The van der Waals surface area contributed by atoms with Crippen molar-refractivity contribution in [2.24, 2.45) is 4.99 Å². The Morgan fingerprint density at radius 3 is 2.82 bits per heavy atom. The number of alkyl carbamates (subject to hydrolysis) is 1. The molecule has 3 rings (SSSR count). The Bertz CT molecular complexity index is 708. The molecule has 1 saturated heterocycles. The van der Waals surface area contributed by atoms with Gasteiger partial charge in [0, 0.05) is 33.1 Å². The Kier molecular flexibility index (Phi) is 6.41. The SMILES string of the molecule is CN=C(NCc1nnc2n1CCCCC2)N1CCC(NC(=O)OC(C)(C)C)C1. The number of aliphatic imine (C=N–C) groups is 1. The molecule has 156 valence electrons. The van der Waals surface area contributed by atoms with Crippen LogP contribution < -0.4 is 10.6 Å². The van der Waals surface area contributed by atoms with Crippen LogP contribution in [0.15, 0.2) is 4.99 Å². The van der Waals surface area contributed by atoms with Gasteiger partial charge >= 0.3 is 6.09 Å². The molecule has 2 aliphatic rings. The lowest BCUT2D eigenvalue weighted by atomic mass is 10.2. The molecule has 2 aliphatic heterocycles. The molecule has 0 aromatic carbocycles. The second kappa shape index (κ2) is 8.79. The highest BCUT2D eigenvalue weighted by Gasteiger charge is 2.28. The Balaban J connectivity index is 1.51. The molecular formula is C19H33N7O2. The lowest BCUT2D eigenvalue weighted by Crippen LogP contribution is -2.44. The maximum Gasteiger partial charge on any atom is 0.407 e. The summed E-state index contributed by atoms with van der Waals surface area (Å²) in [5.74, 6) is 2.87. The molecule has 0 radical (unpaired) electrons. The van der Waals surface area contributed by atoms with Crippen LogP contribution in [0.5, 0.6) is 0 Å². The van der Waals surface area contributed by atoms with Gasteiger partial charge in [-0.15, -0.1) is 10.2 Å². The van der Waals surface area contributed by atoms with E-state index in [-0.39, 0.29) is 12.1 Å². The van der Waals surface area contributed by atoms with Crippen molar-refractivity contribution in [1.82, 2.24) is 30.3 Å². The van der Waals surface area contributed by atoms with Crippen LogP contribution in [0, 0.1) is 0 Å². The molecule has 3 heterocycles. The molecular weight excluding hydrogens is 358 g/mol. The number of hydrogen-bond donors (Lipinski definition) is 2. The van der Waals surface area contributed by atoms with E-state index in [4.69, 9.17) is 4.74 Å². The van der Waals surface area contributed by atoms with Gasteiger partial charge in [-0.05, 0) is 40.0 Å². The number of aryl methyl sites for hydroxylation is 1. The van der Waals surface area contributed by atoms with Crippen LogP contribution in [-0.2, 0) is 24.2 Å². The number of likely N-dealkylation sites (tertiary alicyclic amines) is 1. The van der Waals surface area contributed by atoms with Gasteiger partial charge in [-0.2, -0.15) is 0 Å². The van der Waals surface area contributed by atoms with Crippen LogP contribution >= 0.6 is 0 Å². The van der Waals surface area contributed by atoms with Crippen molar-refractivity contribution in [3.05, 3.63) is 11.6 Å². The number of ether oxygens (including phenoxy) is 1. The molecule has 0 aliphatic carbocycles. The van der Waals surface area contributed by atoms with Gasteiger partial charge in [-0.1, -0.05) is 6.42 Å². The third-order valence-corrected chi connectivity index (χ3v) is 5.01. The third kappa shape index (κ3) is 5.36. The smallest absolute Gasteiger partial charge is 0.407 e. The zero-order valence-corrected chi connectivity index (χ0v) is 17.5. The number of nitrogens with one attached hydrogen (secondary N) is 2. The van der Waals surface area contributed by atoms with E-state index in [1.54, 1.807) is 7.05 Å². The monoisotopic (exact) mass is 391 g/mol. The van der Waals surface area contributed by atoms with Gasteiger partial charge in [0.2, 0.25) is 0 Å². The van der Waals surface area contributed by atoms with E-state index in [2.05, 4.69) is 35.3 Å². The summed E-state index contributed by atoms with van der Waals surface area (Å²) in [6, 6.07) is 0.0535. The van der Waals surface area contributed by atoms with Gasteiger partial charge in [-0.25, -0.2) is 4.79 Å². The van der Waals surface area contributed by atoms with E-state index < -0.39 is 5.60 Å². The van der Waals surface area contributed by atoms with Crippen LogP contribution in [0.4, 0.5) is 4.79 Å². The Hall–Kier alpha value is -2.32. The van der Waals surface area contributed by atoms with Crippen molar-refractivity contribution in [3.63, 3.8) is 0 Å². The van der Waals surface area contributed by atoms with Crippen molar-refractivity contribution >= 4 is 12.1 Å². The number of guanidine groups is 1. The molecule has 28 heavy (non-hydrogen) atoms. The predicted molar refractivity (Wildman–Crippen MR) is 107 cm³/mol. The fraction of sp³-hybridized carbons (Fsp3) is 0.789.